The van der Waals surface area contributed by atoms with Gasteiger partial charge in [-0.05, 0) is 85.4 Å². The number of fused-ring (bicyclic) bond motifs is 1. The van der Waals surface area contributed by atoms with Crippen molar-refractivity contribution in [3.05, 3.63) is 11.6 Å². The summed E-state index contributed by atoms with van der Waals surface area (Å²) in [6.07, 6.45) is 10.1. The second-order valence-corrected chi connectivity index (χ2v) is 9.25. The average Bonchev–Trinajstić information content (AvgIpc) is 2.75. The zero-order chi connectivity index (χ0) is 14.3. The molecule has 1 spiro atoms. The molecule has 0 N–H and O–H groups in total. The molecule has 4 aliphatic rings. The van der Waals surface area contributed by atoms with E-state index >= 15 is 0 Å². The van der Waals surface area contributed by atoms with Gasteiger partial charge >= 0.3 is 0 Å². The highest BCUT2D eigenvalue weighted by molar-refractivity contribution is 5.32. The van der Waals surface area contributed by atoms with Crippen LogP contribution >= 0.6 is 0 Å². The minimum absolute atomic E-state index is 0.648. The van der Waals surface area contributed by atoms with Crippen LogP contribution in [0.25, 0.3) is 0 Å². The van der Waals surface area contributed by atoms with Gasteiger partial charge in [0.1, 0.15) is 0 Å². The van der Waals surface area contributed by atoms with Crippen molar-refractivity contribution in [1.29, 1.82) is 0 Å². The average molecular weight is 272 g/mol. The van der Waals surface area contributed by atoms with E-state index in [-0.39, 0.29) is 0 Å². The second-order valence-electron chi connectivity index (χ2n) is 9.25. The van der Waals surface area contributed by atoms with Crippen molar-refractivity contribution in [2.75, 3.05) is 0 Å². The Kier molecular flexibility index (Phi) is 2.63. The first-order valence-electron chi connectivity index (χ1n) is 9.09. The van der Waals surface area contributed by atoms with E-state index in [1.165, 1.54) is 32.1 Å². The highest BCUT2D eigenvalue weighted by Crippen LogP contribution is 2.80. The van der Waals surface area contributed by atoms with E-state index < -0.39 is 0 Å². The number of hydrogen-bond acceptors (Lipinski definition) is 0. The zero-order valence-electron chi connectivity index (χ0n) is 14.1. The number of hydrogen-bond donors (Lipinski definition) is 0. The molecule has 20 heavy (non-hydrogen) atoms. The maximum atomic E-state index is 2.66. The lowest BCUT2D eigenvalue weighted by Crippen LogP contribution is -2.47. The quantitative estimate of drug-likeness (QED) is 0.538. The van der Waals surface area contributed by atoms with Crippen molar-refractivity contribution in [1.82, 2.24) is 0 Å². The van der Waals surface area contributed by atoms with E-state index in [2.05, 4.69) is 40.7 Å². The SMILES string of the molecule is CC1=CCC2[C@@H]3[C@@H](C(C)C)CC[C@H](C)[C@@]34CCC2(C)C14. The van der Waals surface area contributed by atoms with Crippen molar-refractivity contribution in [2.45, 2.75) is 66.7 Å². The van der Waals surface area contributed by atoms with Crippen LogP contribution < -0.4 is 0 Å². The Labute approximate surface area is 125 Å². The zero-order valence-corrected chi connectivity index (χ0v) is 14.1. The molecule has 0 radical (unpaired) electrons. The molecule has 0 saturated heterocycles. The standard InChI is InChI=1S/C20H32/c1-12(2)15-8-7-14(4)20-11-10-19(5)16(17(15)20)9-6-13(3)18(19)20/h6,12,14-18H,7-11H2,1-5H3/t14-,15+,16?,17-,18?,19?,20-/m0/s1. The molecule has 3 saturated carbocycles. The van der Waals surface area contributed by atoms with Gasteiger partial charge in [-0.15, -0.1) is 0 Å². The van der Waals surface area contributed by atoms with E-state index in [0.717, 1.165) is 35.5 Å². The van der Waals surface area contributed by atoms with Crippen molar-refractivity contribution in [3.63, 3.8) is 0 Å². The Balaban J connectivity index is 1.89. The fraction of sp³-hybridized carbons (Fsp3) is 0.900. The van der Waals surface area contributed by atoms with Gasteiger partial charge in [0, 0.05) is 0 Å². The molecule has 0 heteroatoms. The normalized spacial score (nSPS) is 56.9. The molecule has 4 bridgehead atoms. The van der Waals surface area contributed by atoms with Gasteiger partial charge in [0.05, 0.1) is 0 Å². The fourth-order valence-electron chi connectivity index (χ4n) is 7.92. The summed E-state index contributed by atoms with van der Waals surface area (Å²) in [5.41, 5.74) is 3.10. The maximum absolute atomic E-state index is 2.66. The summed E-state index contributed by atoms with van der Waals surface area (Å²) in [7, 11) is 0. The molecular formula is C20H32. The van der Waals surface area contributed by atoms with E-state index in [0.29, 0.717) is 10.8 Å². The summed E-state index contributed by atoms with van der Waals surface area (Å²) < 4.78 is 0. The Bertz CT molecular complexity index is 459. The minimum Gasteiger partial charge on any atom is -0.0850 e. The van der Waals surface area contributed by atoms with Crippen LogP contribution in [-0.4, -0.2) is 0 Å². The van der Waals surface area contributed by atoms with Crippen LogP contribution in [0.5, 0.6) is 0 Å². The van der Waals surface area contributed by atoms with Crippen LogP contribution in [0, 0.1) is 46.3 Å². The Hall–Kier alpha value is -0.260. The van der Waals surface area contributed by atoms with E-state index in [1.54, 1.807) is 5.57 Å². The summed E-state index contributed by atoms with van der Waals surface area (Å²) in [6.45, 7) is 12.7. The first kappa shape index (κ1) is 13.4. The van der Waals surface area contributed by atoms with Crippen molar-refractivity contribution in [2.24, 2.45) is 46.3 Å². The van der Waals surface area contributed by atoms with Gasteiger partial charge in [-0.1, -0.05) is 39.3 Å². The van der Waals surface area contributed by atoms with E-state index in [4.69, 9.17) is 0 Å². The summed E-state index contributed by atoms with van der Waals surface area (Å²) in [4.78, 5) is 0. The molecule has 112 valence electrons. The molecule has 0 amide bonds. The molecular weight excluding hydrogens is 240 g/mol. The van der Waals surface area contributed by atoms with Gasteiger partial charge in [0.25, 0.3) is 0 Å². The van der Waals surface area contributed by atoms with Crippen LogP contribution in [0.4, 0.5) is 0 Å². The Morgan fingerprint density at radius 3 is 2.65 bits per heavy atom. The van der Waals surface area contributed by atoms with Gasteiger partial charge in [-0.25, -0.2) is 0 Å². The molecule has 0 heterocycles. The van der Waals surface area contributed by atoms with Crippen LogP contribution in [0.15, 0.2) is 11.6 Å². The van der Waals surface area contributed by atoms with Crippen molar-refractivity contribution < 1.29 is 0 Å². The first-order chi connectivity index (χ1) is 9.43. The third-order valence-corrected chi connectivity index (χ3v) is 8.51. The topological polar surface area (TPSA) is 0 Å². The fourth-order valence-corrected chi connectivity index (χ4v) is 7.92. The first-order valence-corrected chi connectivity index (χ1v) is 9.09. The molecule has 4 rings (SSSR count). The molecule has 4 aliphatic carbocycles. The second kappa shape index (κ2) is 3.93. The minimum atomic E-state index is 0.648. The summed E-state index contributed by atoms with van der Waals surface area (Å²) in [5, 5.41) is 0. The lowest BCUT2D eigenvalue weighted by molar-refractivity contribution is -0.0475. The van der Waals surface area contributed by atoms with Crippen LogP contribution in [0.1, 0.15) is 66.7 Å². The van der Waals surface area contributed by atoms with Crippen molar-refractivity contribution in [3.8, 4) is 0 Å². The number of allylic oxidation sites excluding steroid dienone is 2. The lowest BCUT2D eigenvalue weighted by atomic mass is 9.51. The summed E-state index contributed by atoms with van der Waals surface area (Å²) >= 11 is 0. The molecule has 0 aromatic heterocycles. The predicted octanol–water partition coefficient (Wildman–Crippen LogP) is 5.69. The molecule has 0 aromatic rings. The third kappa shape index (κ3) is 1.26. The monoisotopic (exact) mass is 272 g/mol. The largest absolute Gasteiger partial charge is 0.0850 e. The van der Waals surface area contributed by atoms with E-state index in [9.17, 15) is 0 Å². The summed E-state index contributed by atoms with van der Waals surface area (Å²) in [5.74, 6) is 5.80. The van der Waals surface area contributed by atoms with Gasteiger partial charge in [-0.3, -0.25) is 0 Å². The van der Waals surface area contributed by atoms with Gasteiger partial charge in [0.2, 0.25) is 0 Å². The smallest absolute Gasteiger partial charge is 0.00871 e. The predicted molar refractivity (Wildman–Crippen MR) is 85.3 cm³/mol. The molecule has 0 aliphatic heterocycles. The van der Waals surface area contributed by atoms with Crippen LogP contribution in [0.3, 0.4) is 0 Å². The molecule has 7 atom stereocenters. The van der Waals surface area contributed by atoms with Crippen LogP contribution in [-0.2, 0) is 0 Å². The summed E-state index contributed by atoms with van der Waals surface area (Å²) in [6, 6.07) is 0. The van der Waals surface area contributed by atoms with Crippen LogP contribution in [0.2, 0.25) is 0 Å². The molecule has 3 unspecified atom stereocenters. The maximum Gasteiger partial charge on any atom is -0.00871 e. The number of rotatable bonds is 1. The highest BCUT2D eigenvalue weighted by Gasteiger charge is 2.73. The molecule has 0 aromatic carbocycles. The van der Waals surface area contributed by atoms with Gasteiger partial charge in [0.15, 0.2) is 0 Å². The third-order valence-electron chi connectivity index (χ3n) is 8.51. The highest BCUT2D eigenvalue weighted by atomic mass is 14.8. The van der Waals surface area contributed by atoms with Gasteiger partial charge in [-0.2, -0.15) is 0 Å². The molecule has 0 nitrogen and oxygen atoms in total. The Morgan fingerprint density at radius 1 is 1.20 bits per heavy atom. The van der Waals surface area contributed by atoms with Gasteiger partial charge < -0.3 is 0 Å². The Morgan fingerprint density at radius 2 is 1.95 bits per heavy atom. The van der Waals surface area contributed by atoms with Crippen molar-refractivity contribution >= 4 is 0 Å². The lowest BCUT2D eigenvalue weighted by Gasteiger charge is -2.53. The molecule has 3 fully saturated rings. The van der Waals surface area contributed by atoms with E-state index in [1.807, 2.05) is 0 Å².